The van der Waals surface area contributed by atoms with Crippen molar-refractivity contribution in [3.05, 3.63) is 141 Å². The van der Waals surface area contributed by atoms with E-state index in [0.717, 1.165) is 20.6 Å². The predicted molar refractivity (Wildman–Crippen MR) is 228 cm³/mol. The van der Waals surface area contributed by atoms with Crippen LogP contribution in [-0.2, 0) is 37.0 Å². The van der Waals surface area contributed by atoms with Crippen molar-refractivity contribution in [2.75, 3.05) is 0 Å². The van der Waals surface area contributed by atoms with Crippen LogP contribution in [0.4, 0.5) is 0 Å². The van der Waals surface area contributed by atoms with E-state index >= 15 is 0 Å². The van der Waals surface area contributed by atoms with Crippen LogP contribution in [0.3, 0.4) is 0 Å². The predicted octanol–water partition coefficient (Wildman–Crippen LogP) is 13.7. The molecule has 0 heterocycles. The van der Waals surface area contributed by atoms with Crippen LogP contribution in [0.15, 0.2) is 84.9 Å². The Morgan fingerprint density at radius 2 is 0.750 bits per heavy atom. The second kappa shape index (κ2) is 20.3. The van der Waals surface area contributed by atoms with Gasteiger partial charge in [-0.05, 0) is 61.8 Å². The maximum Gasteiger partial charge on any atom is 2.00 e. The molecule has 6 aromatic rings. The number of rotatable bonds is 0. The zero-order valence-corrected chi connectivity index (χ0v) is 38.4. The Morgan fingerprint density at radius 3 is 1.00 bits per heavy atom. The molecule has 0 aromatic heterocycles. The molecule has 0 spiro atoms. The Labute approximate surface area is 338 Å². The zero-order valence-electron chi connectivity index (χ0n) is 35.0. The Balaban J connectivity index is 0.000000336. The largest absolute Gasteiger partial charge is 2.00 e. The number of hydrogen-bond acceptors (Lipinski definition) is 2. The molecule has 2 radical (unpaired) electrons. The van der Waals surface area contributed by atoms with Crippen LogP contribution in [0.5, 0.6) is 11.5 Å². The minimum atomic E-state index is 0. The van der Waals surface area contributed by atoms with Gasteiger partial charge >= 0.3 is 26.2 Å². The molecule has 0 aliphatic heterocycles. The van der Waals surface area contributed by atoms with Gasteiger partial charge in [-0.2, -0.15) is 12.1 Å². The number of hydrogen-bond donors (Lipinski definition) is 2. The van der Waals surface area contributed by atoms with Crippen molar-refractivity contribution in [2.45, 2.75) is 121 Å². The van der Waals surface area contributed by atoms with Gasteiger partial charge in [-0.1, -0.05) is 141 Å². The summed E-state index contributed by atoms with van der Waals surface area (Å²) in [5.74, 6) is 0.793. The molecule has 0 aliphatic rings. The summed E-state index contributed by atoms with van der Waals surface area (Å²) >= 11 is 0. The van der Waals surface area contributed by atoms with Crippen LogP contribution in [0.2, 0.25) is 13.1 Å². The molecule has 0 aliphatic carbocycles. The fourth-order valence-corrected chi connectivity index (χ4v) is 5.97. The number of aromatic hydroxyl groups is 2. The van der Waals surface area contributed by atoms with Gasteiger partial charge in [0.05, 0.1) is 0 Å². The average Bonchev–Trinajstić information content (AvgIpc) is 3.64. The summed E-state index contributed by atoms with van der Waals surface area (Å²) in [4.78, 5) is 0. The molecule has 6 aromatic carbocycles. The molecule has 0 fully saturated rings. The second-order valence-corrected chi connectivity index (χ2v) is 17.2. The molecule has 6 rings (SSSR count). The van der Waals surface area contributed by atoms with Gasteiger partial charge < -0.3 is 10.2 Å². The second-order valence-electron chi connectivity index (χ2n) is 16.2. The number of benzene rings is 4. The molecule has 0 saturated heterocycles. The van der Waals surface area contributed by atoms with Crippen molar-refractivity contribution in [3.8, 4) is 11.5 Å². The van der Waals surface area contributed by atoms with E-state index in [9.17, 15) is 10.2 Å². The van der Waals surface area contributed by atoms with E-state index < -0.39 is 0 Å². The summed E-state index contributed by atoms with van der Waals surface area (Å²) in [5.41, 5.74) is 12.7. The third-order valence-electron chi connectivity index (χ3n) is 8.85. The van der Waals surface area contributed by atoms with Crippen molar-refractivity contribution in [1.29, 1.82) is 0 Å². The molecule has 276 valence electrons. The van der Waals surface area contributed by atoms with E-state index in [1.807, 2.05) is 38.1 Å². The quantitative estimate of drug-likeness (QED) is 0.119. The molecule has 0 atom stereocenters. The van der Waals surface area contributed by atoms with E-state index in [-0.39, 0.29) is 37.0 Å². The van der Waals surface area contributed by atoms with E-state index in [1.165, 1.54) is 66.1 Å². The molecule has 2 nitrogen and oxygen atoms in total. The van der Waals surface area contributed by atoms with Crippen LogP contribution in [0.1, 0.15) is 97.2 Å². The average molecular weight is 792 g/mol. The Hall–Kier alpha value is -3.20. The molecule has 0 amide bonds. The summed E-state index contributed by atoms with van der Waals surface area (Å²) in [7, 11) is 1.08. The van der Waals surface area contributed by atoms with Gasteiger partial charge in [-0.15, -0.1) is 68.1 Å². The van der Waals surface area contributed by atoms with Crippen LogP contribution in [0.25, 0.3) is 21.5 Å². The monoisotopic (exact) mass is 790 g/mol. The molecule has 0 saturated carbocycles. The normalized spacial score (nSPS) is 10.8. The summed E-state index contributed by atoms with van der Waals surface area (Å²) in [5, 5.41) is 24.8. The van der Waals surface area contributed by atoms with Crippen LogP contribution >= 0.6 is 0 Å². The number of fused-ring (bicyclic) bond motifs is 2. The van der Waals surface area contributed by atoms with Crippen molar-refractivity contribution in [3.63, 3.8) is 0 Å². The summed E-state index contributed by atoms with van der Waals surface area (Å²) in [6.07, 6.45) is 0. The first-order valence-electron chi connectivity index (χ1n) is 18.1. The topological polar surface area (TPSA) is 40.5 Å². The van der Waals surface area contributed by atoms with E-state index in [0.29, 0.717) is 11.5 Å². The molecule has 0 bridgehead atoms. The Kier molecular flexibility index (Phi) is 18.3. The third kappa shape index (κ3) is 13.7. The Bertz CT molecular complexity index is 1790. The summed E-state index contributed by atoms with van der Waals surface area (Å²) in [6, 6.07) is 29.2. The smallest absolute Gasteiger partial charge is 0.508 e. The van der Waals surface area contributed by atoms with E-state index in [4.69, 9.17) is 0 Å². The first kappa shape index (κ1) is 46.8. The fraction of sp³-hybridized carbons (Fsp3) is 0.375. The number of phenolic OH excluding ortho intramolecular Hbond substituents is 2. The zero-order chi connectivity index (χ0) is 38.8. The van der Waals surface area contributed by atoms with Crippen molar-refractivity contribution in [1.82, 2.24) is 0 Å². The maximum atomic E-state index is 9.57. The first-order valence-corrected chi connectivity index (χ1v) is 20.1. The van der Waals surface area contributed by atoms with Crippen LogP contribution < -0.4 is 0 Å². The summed E-state index contributed by atoms with van der Waals surface area (Å²) < 4.78 is 0. The fourth-order valence-electron chi connectivity index (χ4n) is 5.97. The van der Waals surface area contributed by atoms with Crippen molar-refractivity contribution in [2.24, 2.45) is 0 Å². The van der Waals surface area contributed by atoms with Gasteiger partial charge in [0.2, 0.25) is 0 Å². The minimum absolute atomic E-state index is 0. The van der Waals surface area contributed by atoms with Gasteiger partial charge in [0, 0.05) is 9.52 Å². The number of phenols is 2. The van der Waals surface area contributed by atoms with Gasteiger partial charge in [0.25, 0.3) is 0 Å². The van der Waals surface area contributed by atoms with Crippen molar-refractivity contribution < 1.29 is 36.4 Å². The molecular formula is C48H64O2SiZr. The first-order chi connectivity index (χ1) is 23.6. The van der Waals surface area contributed by atoms with Gasteiger partial charge in [-0.25, -0.2) is 0 Å². The standard InChI is InChI=1S/2C12H13.2C11H16O.C2H6Si.Zr/c2*1-8-6-11-9(2)4-5-10(3)12(11)7-8;2*1-8-5-6-10(12)9(7-8)11(2,3)4;1-3-2;/h2*4-7H,1-3H3;2*5-7,12H,1-4H3;1-2H3;/q2*-1;;;;+2. The van der Waals surface area contributed by atoms with E-state index in [1.54, 1.807) is 12.1 Å². The van der Waals surface area contributed by atoms with Gasteiger partial charge in [-0.3, -0.25) is 0 Å². The Morgan fingerprint density at radius 1 is 0.462 bits per heavy atom. The number of aryl methyl sites for hydroxylation is 8. The molecule has 2 N–H and O–H groups in total. The maximum absolute atomic E-state index is 9.57. The van der Waals surface area contributed by atoms with Gasteiger partial charge in [0.1, 0.15) is 11.5 Å². The van der Waals surface area contributed by atoms with Crippen LogP contribution in [0, 0.1) is 55.4 Å². The van der Waals surface area contributed by atoms with Crippen molar-refractivity contribution >= 4 is 31.1 Å². The SMILES string of the molecule is C[Si]C.Cc1cc2c(C)ccc(C)c2[cH-]1.Cc1cc2c(C)ccc(C)c2[cH-]1.Cc1ccc(O)c(C(C)(C)C)c1.Cc1ccc(O)c(C(C)(C)C)c1.[Zr+2]. The van der Waals surface area contributed by atoms with Crippen LogP contribution in [-0.4, -0.2) is 19.7 Å². The molecule has 0 unspecified atom stereocenters. The molecular weight excluding hydrogens is 728 g/mol. The summed E-state index contributed by atoms with van der Waals surface area (Å²) in [6.45, 7) is 33.9. The minimum Gasteiger partial charge on any atom is -0.508 e. The van der Waals surface area contributed by atoms with E-state index in [2.05, 4.69) is 145 Å². The van der Waals surface area contributed by atoms with Gasteiger partial charge in [0.15, 0.2) is 0 Å². The molecule has 52 heavy (non-hydrogen) atoms. The molecule has 4 heteroatoms. The third-order valence-corrected chi connectivity index (χ3v) is 8.85.